The highest BCUT2D eigenvalue weighted by Crippen LogP contribution is 2.28. The molecule has 0 N–H and O–H groups in total. The van der Waals surface area contributed by atoms with Crippen LogP contribution in [0.4, 0.5) is 5.69 Å². The van der Waals surface area contributed by atoms with Crippen LogP contribution in [0.5, 0.6) is 5.75 Å². The Morgan fingerprint density at radius 1 is 1.16 bits per heavy atom. The molecule has 1 atom stereocenters. The summed E-state index contributed by atoms with van der Waals surface area (Å²) in [4.78, 5) is 28.7. The number of amides is 2. The van der Waals surface area contributed by atoms with Crippen molar-refractivity contribution in [2.24, 2.45) is 5.92 Å². The van der Waals surface area contributed by atoms with Crippen LogP contribution < -0.4 is 9.64 Å². The van der Waals surface area contributed by atoms with Gasteiger partial charge in [0.25, 0.3) is 0 Å². The predicted octanol–water partition coefficient (Wildman–Crippen LogP) is 2.71. The maximum absolute atomic E-state index is 12.7. The Labute approximate surface area is 147 Å². The Balaban J connectivity index is 1.67. The highest BCUT2D eigenvalue weighted by molar-refractivity contribution is 6.09. The molecule has 3 rings (SSSR count). The molecule has 2 aromatic carbocycles. The Hall–Kier alpha value is -2.82. The highest BCUT2D eigenvalue weighted by atomic mass is 16.5. The molecule has 1 saturated heterocycles. The molecule has 1 unspecified atom stereocenters. The van der Waals surface area contributed by atoms with Crippen LogP contribution >= 0.6 is 0 Å². The van der Waals surface area contributed by atoms with E-state index in [4.69, 9.17) is 4.74 Å². The number of nitrogens with zero attached hydrogens (tertiary/aromatic N) is 2. The molecule has 0 saturated carbocycles. The molecule has 2 aromatic rings. The molecular weight excluding hydrogens is 316 g/mol. The molecule has 2 amide bonds. The third-order valence-electron chi connectivity index (χ3n) is 4.53. The Kier molecular flexibility index (Phi) is 5.03. The lowest BCUT2D eigenvalue weighted by atomic mass is 10.1. The van der Waals surface area contributed by atoms with Crippen LogP contribution in [0.2, 0.25) is 0 Å². The van der Waals surface area contributed by atoms with E-state index in [0.29, 0.717) is 19.5 Å². The first-order chi connectivity index (χ1) is 12.1. The first-order valence-corrected chi connectivity index (χ1v) is 8.34. The molecule has 0 bridgehead atoms. The molecule has 1 heterocycles. The fourth-order valence-corrected chi connectivity index (χ4v) is 3.13. The number of carbonyl (C=O) groups excluding carboxylic acids is 2. The molecule has 5 heteroatoms. The summed E-state index contributed by atoms with van der Waals surface area (Å²) in [6.07, 6.45) is 0.544. The molecule has 0 aromatic heterocycles. The van der Waals surface area contributed by atoms with Crippen LogP contribution in [-0.4, -0.2) is 37.4 Å². The lowest BCUT2D eigenvalue weighted by Crippen LogP contribution is -2.37. The van der Waals surface area contributed by atoms with Crippen LogP contribution in [0.3, 0.4) is 0 Å². The minimum atomic E-state index is -0.601. The maximum Gasteiger partial charge on any atom is 0.239 e. The first kappa shape index (κ1) is 17.0. The second kappa shape index (κ2) is 7.38. The molecule has 0 aliphatic carbocycles. The molecule has 0 spiro atoms. The van der Waals surface area contributed by atoms with Crippen molar-refractivity contribution < 1.29 is 14.3 Å². The normalized spacial score (nSPS) is 16.8. The molecule has 1 aliphatic heterocycles. The van der Waals surface area contributed by atoms with Gasteiger partial charge >= 0.3 is 0 Å². The van der Waals surface area contributed by atoms with E-state index in [2.05, 4.69) is 0 Å². The summed E-state index contributed by atoms with van der Waals surface area (Å²) in [5.74, 6) is -0.110. The van der Waals surface area contributed by atoms with E-state index in [1.165, 1.54) is 0 Å². The molecule has 5 nitrogen and oxygen atoms in total. The van der Waals surface area contributed by atoms with Gasteiger partial charge in [0.05, 0.1) is 7.11 Å². The van der Waals surface area contributed by atoms with Crippen molar-refractivity contribution in [1.29, 1.82) is 0 Å². The minimum Gasteiger partial charge on any atom is -0.497 e. The zero-order valence-electron chi connectivity index (χ0n) is 14.5. The molecule has 0 radical (unpaired) electrons. The summed E-state index contributed by atoms with van der Waals surface area (Å²) in [6.45, 7) is 1.06. The van der Waals surface area contributed by atoms with Gasteiger partial charge in [-0.2, -0.15) is 0 Å². The van der Waals surface area contributed by atoms with E-state index in [-0.39, 0.29) is 11.8 Å². The summed E-state index contributed by atoms with van der Waals surface area (Å²) in [5.41, 5.74) is 1.85. The monoisotopic (exact) mass is 338 g/mol. The van der Waals surface area contributed by atoms with Crippen LogP contribution in [0, 0.1) is 5.92 Å². The molecule has 1 aliphatic rings. The van der Waals surface area contributed by atoms with E-state index in [9.17, 15) is 9.59 Å². The zero-order chi connectivity index (χ0) is 17.8. The van der Waals surface area contributed by atoms with Crippen LogP contribution in [0.15, 0.2) is 54.6 Å². The molecule has 1 fully saturated rings. The van der Waals surface area contributed by atoms with Gasteiger partial charge in [0.2, 0.25) is 11.8 Å². The van der Waals surface area contributed by atoms with Crippen molar-refractivity contribution in [2.45, 2.75) is 13.0 Å². The van der Waals surface area contributed by atoms with Gasteiger partial charge in [-0.05, 0) is 36.2 Å². The Morgan fingerprint density at radius 3 is 2.48 bits per heavy atom. The minimum absolute atomic E-state index is 0.120. The summed E-state index contributed by atoms with van der Waals surface area (Å²) in [6, 6.07) is 17.1. The average Bonchev–Trinajstić information content (AvgIpc) is 3.03. The average molecular weight is 338 g/mol. The van der Waals surface area contributed by atoms with E-state index >= 15 is 0 Å². The van der Waals surface area contributed by atoms with Crippen molar-refractivity contribution in [2.75, 3.05) is 25.6 Å². The maximum atomic E-state index is 12.7. The van der Waals surface area contributed by atoms with Crippen LogP contribution in [0.25, 0.3) is 0 Å². The van der Waals surface area contributed by atoms with E-state index in [1.807, 2.05) is 54.6 Å². The number of methoxy groups -OCH3 is 1. The second-order valence-electron chi connectivity index (χ2n) is 6.21. The van der Waals surface area contributed by atoms with Gasteiger partial charge < -0.3 is 14.5 Å². The van der Waals surface area contributed by atoms with Crippen molar-refractivity contribution in [3.63, 3.8) is 0 Å². The fraction of sp³-hybridized carbons (Fsp3) is 0.300. The van der Waals surface area contributed by atoms with Gasteiger partial charge in [-0.25, -0.2) is 0 Å². The molecular formula is C20H22N2O3. The predicted molar refractivity (Wildman–Crippen MR) is 96.4 cm³/mol. The molecule has 25 heavy (non-hydrogen) atoms. The first-order valence-electron chi connectivity index (χ1n) is 8.34. The lowest BCUT2D eigenvalue weighted by molar-refractivity contribution is -0.139. The van der Waals surface area contributed by atoms with E-state index in [1.54, 1.807) is 24.0 Å². The smallest absolute Gasteiger partial charge is 0.239 e. The van der Waals surface area contributed by atoms with Crippen molar-refractivity contribution in [3.05, 3.63) is 60.2 Å². The largest absolute Gasteiger partial charge is 0.497 e. The third kappa shape index (κ3) is 3.65. The van der Waals surface area contributed by atoms with E-state index < -0.39 is 5.92 Å². The van der Waals surface area contributed by atoms with Crippen LogP contribution in [-0.2, 0) is 16.1 Å². The fourth-order valence-electron chi connectivity index (χ4n) is 3.13. The Morgan fingerprint density at radius 2 is 1.84 bits per heavy atom. The zero-order valence-corrected chi connectivity index (χ0v) is 14.5. The van der Waals surface area contributed by atoms with Gasteiger partial charge in [-0.15, -0.1) is 0 Å². The number of rotatable bonds is 5. The SMILES string of the molecule is COc1ccc(N2CCC(C(=O)N(C)Cc3ccccc3)C2=O)cc1. The van der Waals surface area contributed by atoms with E-state index in [0.717, 1.165) is 17.0 Å². The van der Waals surface area contributed by atoms with Crippen molar-refractivity contribution >= 4 is 17.5 Å². The summed E-state index contributed by atoms with van der Waals surface area (Å²) in [5, 5.41) is 0. The second-order valence-corrected chi connectivity index (χ2v) is 6.21. The summed E-state index contributed by atoms with van der Waals surface area (Å²) in [7, 11) is 3.35. The van der Waals surface area contributed by atoms with Gasteiger partial charge in [0.15, 0.2) is 0 Å². The van der Waals surface area contributed by atoms with Gasteiger partial charge in [0, 0.05) is 25.8 Å². The lowest BCUT2D eigenvalue weighted by Gasteiger charge is -2.21. The Bertz CT molecular complexity index is 743. The van der Waals surface area contributed by atoms with Gasteiger partial charge in [0.1, 0.15) is 11.7 Å². The van der Waals surface area contributed by atoms with Gasteiger partial charge in [-0.3, -0.25) is 9.59 Å². The topological polar surface area (TPSA) is 49.9 Å². The van der Waals surface area contributed by atoms with Crippen molar-refractivity contribution in [3.8, 4) is 5.75 Å². The third-order valence-corrected chi connectivity index (χ3v) is 4.53. The standard InChI is InChI=1S/C20H22N2O3/c1-21(14-15-6-4-3-5-7-15)19(23)18-12-13-22(20(18)24)16-8-10-17(25-2)11-9-16/h3-11,18H,12-14H2,1-2H3. The quantitative estimate of drug-likeness (QED) is 0.788. The number of carbonyl (C=O) groups is 2. The number of benzene rings is 2. The highest BCUT2D eigenvalue weighted by Gasteiger charge is 2.38. The molecule has 130 valence electrons. The number of ether oxygens (including phenoxy) is 1. The number of hydrogen-bond donors (Lipinski definition) is 0. The number of anilines is 1. The van der Waals surface area contributed by atoms with Crippen molar-refractivity contribution in [1.82, 2.24) is 4.90 Å². The summed E-state index contributed by atoms with van der Waals surface area (Å²) >= 11 is 0. The number of hydrogen-bond acceptors (Lipinski definition) is 3. The van der Waals surface area contributed by atoms with Gasteiger partial charge in [-0.1, -0.05) is 30.3 Å². The van der Waals surface area contributed by atoms with Crippen LogP contribution in [0.1, 0.15) is 12.0 Å². The summed E-state index contributed by atoms with van der Waals surface area (Å²) < 4.78 is 5.14.